The van der Waals surface area contributed by atoms with Gasteiger partial charge in [0.15, 0.2) is 0 Å². The van der Waals surface area contributed by atoms with Gasteiger partial charge in [-0.3, -0.25) is 0 Å². The first-order valence-electron chi connectivity index (χ1n) is 22.0. The van der Waals surface area contributed by atoms with Crippen LogP contribution >= 0.6 is 0 Å². The first-order valence-corrected chi connectivity index (χ1v) is 24.8. The van der Waals surface area contributed by atoms with Crippen molar-refractivity contribution in [2.24, 2.45) is 0 Å². The Kier molecular flexibility index (Phi) is 25.8. The Hall–Kier alpha value is -1.21. The average molecular weight is 945 g/mol. The van der Waals surface area contributed by atoms with Crippen LogP contribution in [0.5, 0.6) is 0 Å². The van der Waals surface area contributed by atoms with Crippen molar-refractivity contribution in [2.75, 3.05) is 0 Å². The Morgan fingerprint density at radius 2 is 0.649 bits per heavy atom. The second kappa shape index (κ2) is 28.3. The van der Waals surface area contributed by atoms with Gasteiger partial charge in [0.25, 0.3) is 0 Å². The molecule has 0 spiro atoms. The van der Waals surface area contributed by atoms with Gasteiger partial charge < -0.3 is 9.11 Å². The van der Waals surface area contributed by atoms with Crippen molar-refractivity contribution in [1.82, 2.24) is 0 Å². The van der Waals surface area contributed by atoms with E-state index in [0.717, 1.165) is 121 Å². The van der Waals surface area contributed by atoms with Crippen LogP contribution in [0.4, 0.5) is 0 Å². The molecule has 0 saturated carbocycles. The van der Waals surface area contributed by atoms with Crippen molar-refractivity contribution < 1.29 is 25.9 Å². The van der Waals surface area contributed by atoms with Gasteiger partial charge in [0.1, 0.15) is 20.2 Å². The van der Waals surface area contributed by atoms with Crippen molar-refractivity contribution in [2.45, 2.75) is 192 Å². The first kappa shape index (κ1) is 51.9. The minimum atomic E-state index is -4.48. The molecular formula is C48H70BaO6S2. The molecule has 0 aromatic heterocycles. The summed E-state index contributed by atoms with van der Waals surface area (Å²) < 4.78 is 72.3. The maximum atomic E-state index is 12.0. The van der Waals surface area contributed by atoms with E-state index in [1.165, 1.54) is 64.2 Å². The minimum Gasteiger partial charge on any atom is -0.744 e. The zero-order valence-electron chi connectivity index (χ0n) is 35.7. The molecule has 0 aliphatic carbocycles. The first-order chi connectivity index (χ1) is 27.0. The molecule has 6 nitrogen and oxygen atoms in total. The van der Waals surface area contributed by atoms with Crippen LogP contribution in [0.1, 0.15) is 178 Å². The Labute approximate surface area is 387 Å². The maximum absolute atomic E-state index is 12.0. The van der Waals surface area contributed by atoms with E-state index in [2.05, 4.69) is 39.8 Å². The Balaban J connectivity index is 0.000000387. The predicted molar refractivity (Wildman–Crippen MR) is 239 cm³/mol. The summed E-state index contributed by atoms with van der Waals surface area (Å²) in [4.78, 5) is 0.00972. The molecule has 57 heavy (non-hydrogen) atoms. The van der Waals surface area contributed by atoms with Crippen molar-refractivity contribution in [3.63, 3.8) is 0 Å². The van der Waals surface area contributed by atoms with Crippen LogP contribution in [0.15, 0.2) is 70.5 Å². The van der Waals surface area contributed by atoms with Gasteiger partial charge in [-0.25, -0.2) is 16.8 Å². The van der Waals surface area contributed by atoms with Gasteiger partial charge >= 0.3 is 48.9 Å². The van der Waals surface area contributed by atoms with Crippen molar-refractivity contribution in [1.29, 1.82) is 0 Å². The van der Waals surface area contributed by atoms with Crippen LogP contribution in [-0.4, -0.2) is 74.8 Å². The summed E-state index contributed by atoms with van der Waals surface area (Å²) in [5.74, 6) is 0. The van der Waals surface area contributed by atoms with Crippen molar-refractivity contribution >= 4 is 90.7 Å². The molecule has 0 atom stereocenters. The van der Waals surface area contributed by atoms with E-state index >= 15 is 0 Å². The third-order valence-corrected chi connectivity index (χ3v) is 12.9. The number of aryl methyl sites for hydroxylation is 4. The molecule has 0 aliphatic rings. The normalized spacial score (nSPS) is 11.8. The summed E-state index contributed by atoms with van der Waals surface area (Å²) in [6.45, 7) is 8.74. The van der Waals surface area contributed by atoms with Gasteiger partial charge in [-0.15, -0.1) is 0 Å². The predicted octanol–water partition coefficient (Wildman–Crippen LogP) is 13.2. The van der Waals surface area contributed by atoms with Crippen molar-refractivity contribution in [3.8, 4) is 0 Å². The summed E-state index contributed by atoms with van der Waals surface area (Å²) in [5, 5.41) is 4.10. The molecule has 0 heterocycles. The Bertz CT molecular complexity index is 1830. The zero-order chi connectivity index (χ0) is 40.8. The van der Waals surface area contributed by atoms with Gasteiger partial charge in [0, 0.05) is 0 Å². The summed E-state index contributed by atoms with van der Waals surface area (Å²) in [5.41, 5.74) is 3.43. The molecule has 9 heteroatoms. The van der Waals surface area contributed by atoms with Crippen molar-refractivity contribution in [3.05, 3.63) is 82.9 Å². The summed E-state index contributed by atoms with van der Waals surface area (Å²) in [7, 11) is -8.97. The molecule has 0 saturated heterocycles. The van der Waals surface area contributed by atoms with E-state index in [-0.39, 0.29) is 58.7 Å². The monoisotopic (exact) mass is 944 g/mol. The largest absolute Gasteiger partial charge is 2.00 e. The molecule has 4 aromatic rings. The van der Waals surface area contributed by atoms with Crippen LogP contribution < -0.4 is 0 Å². The molecule has 0 radical (unpaired) electrons. The second-order valence-electron chi connectivity index (χ2n) is 15.7. The van der Waals surface area contributed by atoms with E-state index in [0.29, 0.717) is 12.8 Å². The number of benzene rings is 4. The van der Waals surface area contributed by atoms with Crippen LogP contribution in [0.25, 0.3) is 21.5 Å². The molecule has 4 rings (SSSR count). The Morgan fingerprint density at radius 3 is 0.930 bits per heavy atom. The number of hydrogen-bond acceptors (Lipinski definition) is 6. The van der Waals surface area contributed by atoms with Crippen LogP contribution in [0.3, 0.4) is 0 Å². The fourth-order valence-corrected chi connectivity index (χ4v) is 9.59. The van der Waals surface area contributed by atoms with Gasteiger partial charge in [-0.05, 0) is 107 Å². The molecule has 0 N–H and O–H groups in total. The summed E-state index contributed by atoms with van der Waals surface area (Å²) in [6.07, 6.45) is 25.6. The van der Waals surface area contributed by atoms with Gasteiger partial charge in [0.2, 0.25) is 0 Å². The van der Waals surface area contributed by atoms with Crippen LogP contribution in [-0.2, 0) is 45.9 Å². The topological polar surface area (TPSA) is 114 Å². The molecule has 4 aromatic carbocycles. The number of fused-ring (bicyclic) bond motifs is 2. The fourth-order valence-electron chi connectivity index (χ4n) is 7.99. The van der Waals surface area contributed by atoms with E-state index in [1.54, 1.807) is 12.1 Å². The molecule has 0 aliphatic heterocycles. The van der Waals surface area contributed by atoms with Crippen LogP contribution in [0, 0.1) is 0 Å². The molecule has 312 valence electrons. The molecule has 0 unspecified atom stereocenters. The average Bonchev–Trinajstić information content (AvgIpc) is 3.17. The quantitative estimate of drug-likeness (QED) is 0.0352. The molecular weight excluding hydrogens is 874 g/mol. The third kappa shape index (κ3) is 17.7. The summed E-state index contributed by atoms with van der Waals surface area (Å²) >= 11 is 0. The smallest absolute Gasteiger partial charge is 0.744 e. The van der Waals surface area contributed by atoms with Crippen LogP contribution in [0.2, 0.25) is 0 Å². The maximum Gasteiger partial charge on any atom is 2.00 e. The third-order valence-electron chi connectivity index (χ3n) is 11.1. The van der Waals surface area contributed by atoms with E-state index < -0.39 is 20.2 Å². The number of unbranched alkanes of at least 4 members (excludes halogenated alkanes) is 16. The van der Waals surface area contributed by atoms with E-state index in [1.807, 2.05) is 36.4 Å². The van der Waals surface area contributed by atoms with Gasteiger partial charge in [-0.1, -0.05) is 179 Å². The molecule has 0 bridgehead atoms. The van der Waals surface area contributed by atoms with E-state index in [9.17, 15) is 25.9 Å². The molecule has 0 fully saturated rings. The zero-order valence-corrected chi connectivity index (χ0v) is 41.8. The second-order valence-corrected chi connectivity index (χ2v) is 18.4. The molecule has 0 amide bonds. The van der Waals surface area contributed by atoms with Gasteiger partial charge in [-0.2, -0.15) is 0 Å². The number of hydrogen-bond donors (Lipinski definition) is 0. The minimum absolute atomic E-state index is 0. The van der Waals surface area contributed by atoms with Gasteiger partial charge in [0.05, 0.1) is 9.79 Å². The Morgan fingerprint density at radius 1 is 0.386 bits per heavy atom. The number of rotatable bonds is 26. The SMILES string of the molecule is CCCCCCCc1cc(S(=O)(=O)[O-])c(CCCCCCC)c2ccccc12.CCCCCCCc1cc(S(=O)(=O)[O-])c(CCCCCCC)c2ccccc12.[Ba+2]. The fraction of sp³-hybridized carbons (Fsp3) is 0.583. The van der Waals surface area contributed by atoms with E-state index in [4.69, 9.17) is 0 Å². The standard InChI is InChI=1S/2C24H36O3S.Ba/c2*1-3-5-7-9-11-15-20-19-24(28(25,26)27)23(18-12-10-8-6-4-2)22-17-14-13-16-21(20)22;/h2*13-14,16-17,19H,3-12,15,18H2,1-2H3,(H,25,26,27);/q;;+2/p-2. The summed E-state index contributed by atoms with van der Waals surface area (Å²) in [6, 6.07) is 19.3.